The van der Waals surface area contributed by atoms with Gasteiger partial charge in [-0.25, -0.2) is 4.98 Å². The monoisotopic (exact) mass is 372 g/mol. The van der Waals surface area contributed by atoms with Crippen molar-refractivity contribution in [2.45, 2.75) is 38.6 Å². The number of pyridine rings is 1. The van der Waals surface area contributed by atoms with E-state index in [4.69, 9.17) is 9.15 Å². The van der Waals surface area contributed by atoms with Gasteiger partial charge in [0.1, 0.15) is 0 Å². The molecule has 1 aliphatic carbocycles. The Balaban J connectivity index is 1.28. The van der Waals surface area contributed by atoms with Crippen LogP contribution in [0, 0.1) is 18.8 Å². The Bertz CT molecular complexity index is 851. The van der Waals surface area contributed by atoms with Crippen LogP contribution in [0.4, 0.5) is 6.01 Å². The summed E-state index contributed by atoms with van der Waals surface area (Å²) in [7, 11) is 1.40. The molecule has 2 aromatic heterocycles. The number of hydrogen-bond acceptors (Lipinski definition) is 7. The fourth-order valence-electron chi connectivity index (χ4n) is 3.78. The van der Waals surface area contributed by atoms with E-state index in [0.29, 0.717) is 30.1 Å². The third-order valence-corrected chi connectivity index (χ3v) is 5.54. The van der Waals surface area contributed by atoms with Crippen molar-refractivity contribution >= 4 is 29.1 Å². The number of oxazole rings is 1. The second kappa shape index (κ2) is 7.17. The Morgan fingerprint density at radius 1 is 1.19 bits per heavy atom. The molecule has 8 nitrogen and oxygen atoms in total. The molecule has 0 spiro atoms. The van der Waals surface area contributed by atoms with Crippen molar-refractivity contribution in [2.75, 3.05) is 25.1 Å². The average Bonchev–Trinajstić information content (AvgIpc) is 3.06. The summed E-state index contributed by atoms with van der Waals surface area (Å²) in [5.41, 5.74) is 2.21. The second-order valence-electron chi connectivity index (χ2n) is 7.43. The summed E-state index contributed by atoms with van der Waals surface area (Å²) >= 11 is 0. The van der Waals surface area contributed by atoms with E-state index in [1.54, 1.807) is 0 Å². The zero-order chi connectivity index (χ0) is 19.0. The molecule has 27 heavy (non-hydrogen) atoms. The lowest BCUT2D eigenvalue weighted by Gasteiger charge is -2.36. The number of anilines is 1. The van der Waals surface area contributed by atoms with Gasteiger partial charge in [0.15, 0.2) is 5.58 Å². The summed E-state index contributed by atoms with van der Waals surface area (Å²) in [4.78, 5) is 34.8. The van der Waals surface area contributed by atoms with Crippen molar-refractivity contribution in [3.05, 3.63) is 17.8 Å². The van der Waals surface area contributed by atoms with E-state index in [1.165, 1.54) is 7.11 Å². The first-order chi connectivity index (χ1) is 13.0. The number of carbonyl (C=O) groups is 2. The van der Waals surface area contributed by atoms with Crippen LogP contribution in [0.1, 0.15) is 31.4 Å². The van der Waals surface area contributed by atoms with E-state index >= 15 is 0 Å². The van der Waals surface area contributed by atoms with E-state index < -0.39 is 0 Å². The number of carbonyl (C=O) groups excluding carboxylic acids is 2. The molecule has 3 heterocycles. The molecule has 0 atom stereocenters. The number of aromatic nitrogens is 2. The minimum atomic E-state index is -0.183. The van der Waals surface area contributed by atoms with Crippen LogP contribution in [0.25, 0.3) is 11.2 Å². The fraction of sp³-hybridized carbons (Fsp3) is 0.579. The Kier molecular flexibility index (Phi) is 4.72. The van der Waals surface area contributed by atoms with Crippen LogP contribution in [0.2, 0.25) is 0 Å². The summed E-state index contributed by atoms with van der Waals surface area (Å²) in [6, 6.07) is 4.45. The van der Waals surface area contributed by atoms with Crippen molar-refractivity contribution in [1.29, 1.82) is 0 Å². The molecule has 144 valence electrons. The Morgan fingerprint density at radius 2 is 1.93 bits per heavy atom. The standard InChI is InChI=1S/C19H24N4O4/c1-11-3-4-15-16(20-11)22-19(27-15)23-7-5-12(6-8-23)17(24)21-14-9-13(10-14)18(25)26-2/h3-4,12-14H,5-10H2,1-2H3,(H,21,24). The molecule has 1 saturated carbocycles. The Labute approximate surface area is 157 Å². The number of amides is 1. The number of piperidine rings is 1. The van der Waals surface area contributed by atoms with Gasteiger partial charge in [-0.15, -0.1) is 0 Å². The first-order valence-electron chi connectivity index (χ1n) is 9.41. The van der Waals surface area contributed by atoms with Gasteiger partial charge in [0.25, 0.3) is 6.01 Å². The zero-order valence-electron chi connectivity index (χ0n) is 15.6. The highest BCUT2D eigenvalue weighted by Crippen LogP contribution is 2.30. The van der Waals surface area contributed by atoms with Gasteiger partial charge < -0.3 is 19.4 Å². The van der Waals surface area contributed by atoms with Gasteiger partial charge in [0, 0.05) is 30.7 Å². The molecule has 8 heteroatoms. The van der Waals surface area contributed by atoms with E-state index in [9.17, 15) is 9.59 Å². The zero-order valence-corrected chi connectivity index (χ0v) is 15.6. The van der Waals surface area contributed by atoms with Crippen LogP contribution in [0.15, 0.2) is 16.5 Å². The summed E-state index contributed by atoms with van der Waals surface area (Å²) in [5.74, 6) is -0.184. The largest absolute Gasteiger partial charge is 0.469 e. The SMILES string of the molecule is COC(=O)C1CC(NC(=O)C2CCN(c3nc4nc(C)ccc4o3)CC2)C1. The van der Waals surface area contributed by atoms with Gasteiger partial charge in [-0.2, -0.15) is 4.98 Å². The van der Waals surface area contributed by atoms with Gasteiger partial charge in [-0.05, 0) is 44.7 Å². The van der Waals surface area contributed by atoms with Crippen molar-refractivity contribution in [3.8, 4) is 0 Å². The van der Waals surface area contributed by atoms with Gasteiger partial charge in [-0.3, -0.25) is 9.59 Å². The van der Waals surface area contributed by atoms with Crippen LogP contribution in [-0.4, -0.2) is 48.1 Å². The summed E-state index contributed by atoms with van der Waals surface area (Å²) < 4.78 is 10.5. The van der Waals surface area contributed by atoms with E-state index in [1.807, 2.05) is 19.1 Å². The lowest BCUT2D eigenvalue weighted by molar-refractivity contribution is -0.150. The van der Waals surface area contributed by atoms with Crippen LogP contribution < -0.4 is 10.2 Å². The molecule has 2 aromatic rings. The summed E-state index contributed by atoms with van der Waals surface area (Å²) in [5, 5.41) is 3.06. The number of ether oxygens (including phenoxy) is 1. The number of esters is 1. The first-order valence-corrected chi connectivity index (χ1v) is 9.41. The van der Waals surface area contributed by atoms with E-state index in [0.717, 1.165) is 31.6 Å². The molecule has 1 saturated heterocycles. The highest BCUT2D eigenvalue weighted by atomic mass is 16.5. The molecule has 0 radical (unpaired) electrons. The molecule has 0 unspecified atom stereocenters. The molecular formula is C19H24N4O4. The van der Waals surface area contributed by atoms with Crippen molar-refractivity contribution in [2.24, 2.45) is 11.8 Å². The number of methoxy groups -OCH3 is 1. The third-order valence-electron chi connectivity index (χ3n) is 5.54. The smallest absolute Gasteiger partial charge is 0.308 e. The quantitative estimate of drug-likeness (QED) is 0.818. The lowest BCUT2D eigenvalue weighted by atomic mass is 9.80. The van der Waals surface area contributed by atoms with Crippen LogP contribution >= 0.6 is 0 Å². The number of hydrogen-bond donors (Lipinski definition) is 1. The molecule has 0 aromatic carbocycles. The van der Waals surface area contributed by atoms with Gasteiger partial charge in [-0.1, -0.05) is 0 Å². The molecule has 1 N–H and O–H groups in total. The maximum Gasteiger partial charge on any atom is 0.308 e. The van der Waals surface area contributed by atoms with Crippen molar-refractivity contribution in [1.82, 2.24) is 15.3 Å². The Morgan fingerprint density at radius 3 is 2.63 bits per heavy atom. The summed E-state index contributed by atoms with van der Waals surface area (Å²) in [6.07, 6.45) is 2.85. The Hall–Kier alpha value is -2.64. The number of aryl methyl sites for hydroxylation is 1. The second-order valence-corrected chi connectivity index (χ2v) is 7.43. The predicted molar refractivity (Wildman–Crippen MR) is 98.1 cm³/mol. The van der Waals surface area contributed by atoms with Gasteiger partial charge in [0.2, 0.25) is 11.6 Å². The molecule has 4 rings (SSSR count). The normalized spacial score (nSPS) is 23.1. The fourth-order valence-corrected chi connectivity index (χ4v) is 3.78. The molecule has 0 bridgehead atoms. The topological polar surface area (TPSA) is 97.6 Å². The predicted octanol–water partition coefficient (Wildman–Crippen LogP) is 1.82. The maximum absolute atomic E-state index is 12.5. The first kappa shape index (κ1) is 17.8. The summed E-state index contributed by atoms with van der Waals surface area (Å²) in [6.45, 7) is 3.37. The van der Waals surface area contributed by atoms with Crippen LogP contribution in [-0.2, 0) is 14.3 Å². The molecule has 1 aliphatic heterocycles. The molecule has 2 fully saturated rings. The highest BCUT2D eigenvalue weighted by molar-refractivity contribution is 5.80. The van der Waals surface area contributed by atoms with Crippen molar-refractivity contribution < 1.29 is 18.7 Å². The number of nitrogens with one attached hydrogen (secondary N) is 1. The van der Waals surface area contributed by atoms with Crippen LogP contribution in [0.3, 0.4) is 0 Å². The minimum Gasteiger partial charge on any atom is -0.469 e. The maximum atomic E-state index is 12.5. The highest BCUT2D eigenvalue weighted by Gasteiger charge is 2.37. The lowest BCUT2D eigenvalue weighted by Crippen LogP contribution is -2.50. The van der Waals surface area contributed by atoms with Crippen molar-refractivity contribution in [3.63, 3.8) is 0 Å². The van der Waals surface area contributed by atoms with Gasteiger partial charge >= 0.3 is 5.97 Å². The average molecular weight is 372 g/mol. The van der Waals surface area contributed by atoms with E-state index in [2.05, 4.69) is 20.2 Å². The molecule has 1 amide bonds. The minimum absolute atomic E-state index is 0.0109. The number of rotatable bonds is 4. The third kappa shape index (κ3) is 3.61. The van der Waals surface area contributed by atoms with Crippen LogP contribution in [0.5, 0.6) is 0 Å². The number of fused-ring (bicyclic) bond motifs is 1. The van der Waals surface area contributed by atoms with Gasteiger partial charge in [0.05, 0.1) is 13.0 Å². The molecular weight excluding hydrogens is 348 g/mol. The number of nitrogens with zero attached hydrogens (tertiary/aromatic N) is 3. The van der Waals surface area contributed by atoms with E-state index in [-0.39, 0.29) is 29.8 Å². The molecule has 2 aliphatic rings.